The van der Waals surface area contributed by atoms with Crippen LogP contribution in [0.5, 0.6) is 5.75 Å². The highest BCUT2D eigenvalue weighted by Crippen LogP contribution is 2.36. The van der Waals surface area contributed by atoms with Gasteiger partial charge in [-0.15, -0.1) is 0 Å². The molecule has 1 fully saturated rings. The summed E-state index contributed by atoms with van der Waals surface area (Å²) in [5.74, 6) is -0.942. The van der Waals surface area contributed by atoms with Crippen LogP contribution in [0, 0.1) is 6.92 Å². The molecular weight excluding hydrogens is 709 g/mol. The first-order valence-corrected chi connectivity index (χ1v) is 17.8. The van der Waals surface area contributed by atoms with Crippen LogP contribution in [-0.4, -0.2) is 71.4 Å². The Balaban J connectivity index is 1.15. The Bertz CT molecular complexity index is 2050. The Kier molecular flexibility index (Phi) is 11.6. The van der Waals surface area contributed by atoms with Crippen LogP contribution in [0.1, 0.15) is 53.4 Å². The van der Waals surface area contributed by atoms with Crippen molar-refractivity contribution in [2.45, 2.75) is 50.7 Å². The number of amides is 2. The van der Waals surface area contributed by atoms with Gasteiger partial charge >= 0.3 is 5.97 Å². The van der Waals surface area contributed by atoms with Crippen LogP contribution in [0.3, 0.4) is 0 Å². The molecule has 1 unspecified atom stereocenters. The van der Waals surface area contributed by atoms with E-state index >= 15 is 0 Å². The number of halogens is 2. The van der Waals surface area contributed by atoms with Crippen molar-refractivity contribution in [2.24, 2.45) is 10.9 Å². The summed E-state index contributed by atoms with van der Waals surface area (Å²) in [6.07, 6.45) is 4.91. The molecule has 1 saturated heterocycles. The van der Waals surface area contributed by atoms with Gasteiger partial charge in [0.1, 0.15) is 17.5 Å². The molecule has 3 heterocycles. The Morgan fingerprint density at radius 2 is 1.78 bits per heavy atom. The number of aromatic nitrogens is 2. The van der Waals surface area contributed by atoms with E-state index in [1.807, 2.05) is 23.7 Å². The maximum atomic E-state index is 13.9. The number of ether oxygens (including phenoxy) is 1. The number of aryl methyl sites for hydroxylation is 1. The van der Waals surface area contributed by atoms with Crippen LogP contribution in [0.15, 0.2) is 71.0 Å². The lowest BCUT2D eigenvalue weighted by Gasteiger charge is -2.24. The zero-order chi connectivity index (χ0) is 36.0. The quantitative estimate of drug-likeness (QED) is 0.0602. The third-order valence-electron chi connectivity index (χ3n) is 7.84. The standard InChI is InChI=1S/C33H35Cl2N7O7S/c1-20-18-41-16-4-7-27(31(41)39-20)48-19-24-25(34)12-13-28(29(24)35)50(46,47)42-17-3-6-26(42)33(45)38-15-5-14-37-32(44)23-10-8-22(9-11-23)30(36)40-49-21(2)43/h4,7-13,16,18,26H,3,5-6,14-15,17,19H2,1-2H3,(H2,36,40)(H,37,44)(H,38,45). The Morgan fingerprint density at radius 1 is 1.06 bits per heavy atom. The van der Waals surface area contributed by atoms with Gasteiger partial charge in [-0.1, -0.05) is 40.5 Å². The van der Waals surface area contributed by atoms with Crippen LogP contribution in [0.4, 0.5) is 0 Å². The molecule has 5 rings (SSSR count). The molecule has 264 valence electrons. The molecule has 1 aliphatic heterocycles. The van der Waals surface area contributed by atoms with Crippen LogP contribution in [0.2, 0.25) is 10.0 Å². The maximum Gasteiger partial charge on any atom is 0.332 e. The van der Waals surface area contributed by atoms with Gasteiger partial charge in [-0.25, -0.2) is 18.2 Å². The minimum absolute atomic E-state index is 0.0159. The topological polar surface area (TPSA) is 187 Å². The first kappa shape index (κ1) is 36.6. The number of nitrogens with zero attached hydrogens (tertiary/aromatic N) is 4. The van der Waals surface area contributed by atoms with Gasteiger partial charge < -0.3 is 30.3 Å². The van der Waals surface area contributed by atoms with Crippen molar-refractivity contribution in [1.29, 1.82) is 0 Å². The van der Waals surface area contributed by atoms with Gasteiger partial charge in [0.25, 0.3) is 5.91 Å². The molecule has 4 aromatic rings. The van der Waals surface area contributed by atoms with Crippen molar-refractivity contribution in [3.63, 3.8) is 0 Å². The van der Waals surface area contributed by atoms with Crippen LogP contribution >= 0.6 is 23.2 Å². The number of carbonyl (C=O) groups excluding carboxylic acids is 3. The smallest absolute Gasteiger partial charge is 0.332 e. The molecule has 14 nitrogen and oxygen atoms in total. The number of oxime groups is 1. The summed E-state index contributed by atoms with van der Waals surface area (Å²) < 4.78 is 36.7. The lowest BCUT2D eigenvalue weighted by molar-refractivity contribution is -0.141. The van der Waals surface area contributed by atoms with E-state index in [1.54, 1.807) is 36.4 Å². The van der Waals surface area contributed by atoms with Crippen molar-refractivity contribution in [3.05, 3.63) is 93.4 Å². The number of nitrogens with one attached hydrogen (secondary N) is 2. The zero-order valence-electron chi connectivity index (χ0n) is 27.2. The van der Waals surface area contributed by atoms with Crippen molar-refractivity contribution in [1.82, 2.24) is 24.3 Å². The number of hydrogen-bond acceptors (Lipinski definition) is 9. The van der Waals surface area contributed by atoms with Gasteiger partial charge in [-0.2, -0.15) is 4.31 Å². The predicted octanol–water partition coefficient (Wildman–Crippen LogP) is 3.80. The summed E-state index contributed by atoms with van der Waals surface area (Å²) in [5, 5.41) is 9.20. The molecule has 0 radical (unpaired) electrons. The molecule has 0 saturated carbocycles. The number of sulfonamides is 1. The fourth-order valence-electron chi connectivity index (χ4n) is 5.38. The summed E-state index contributed by atoms with van der Waals surface area (Å²) in [5.41, 5.74) is 8.28. The molecule has 0 bridgehead atoms. The minimum Gasteiger partial charge on any atom is -0.485 e. The number of nitrogens with two attached hydrogens (primary N) is 1. The molecular formula is C33H35Cl2N7O7S. The summed E-state index contributed by atoms with van der Waals surface area (Å²) in [6.45, 7) is 3.55. The maximum absolute atomic E-state index is 13.9. The van der Waals surface area contributed by atoms with Gasteiger partial charge in [-0.3, -0.25) is 9.59 Å². The molecule has 2 aromatic carbocycles. The van der Waals surface area contributed by atoms with Crippen LogP contribution in [-0.2, 0) is 31.1 Å². The molecule has 1 atom stereocenters. The van der Waals surface area contributed by atoms with E-state index in [9.17, 15) is 22.8 Å². The van der Waals surface area contributed by atoms with Crippen molar-refractivity contribution in [2.75, 3.05) is 19.6 Å². The highest BCUT2D eigenvalue weighted by atomic mass is 35.5. The highest BCUT2D eigenvalue weighted by molar-refractivity contribution is 7.89. The molecule has 0 spiro atoms. The lowest BCUT2D eigenvalue weighted by Crippen LogP contribution is -2.46. The van der Waals surface area contributed by atoms with Crippen LogP contribution < -0.4 is 21.1 Å². The summed E-state index contributed by atoms with van der Waals surface area (Å²) in [6, 6.07) is 11.6. The van der Waals surface area contributed by atoms with E-state index in [4.69, 9.17) is 33.7 Å². The second kappa shape index (κ2) is 15.9. The van der Waals surface area contributed by atoms with Crippen molar-refractivity contribution >= 4 is 62.5 Å². The SMILES string of the molecule is CC(=O)ON=C(N)c1ccc(C(=O)NCCCNC(=O)C2CCCN2S(=O)(=O)c2ccc(Cl)c(COc3cccn4cc(C)nc34)c2Cl)cc1. The molecule has 2 amide bonds. The number of benzene rings is 2. The number of amidine groups is 1. The number of pyridine rings is 1. The number of fused-ring (bicyclic) bond motifs is 1. The Hall–Kier alpha value is -4.70. The molecule has 1 aliphatic rings. The molecule has 4 N–H and O–H groups in total. The fraction of sp³-hybridized carbons (Fsp3) is 0.303. The van der Waals surface area contributed by atoms with Gasteiger partial charge in [0.15, 0.2) is 17.2 Å². The van der Waals surface area contributed by atoms with E-state index in [0.29, 0.717) is 41.8 Å². The Labute approximate surface area is 298 Å². The lowest BCUT2D eigenvalue weighted by atomic mass is 10.1. The number of carbonyl (C=O) groups is 3. The van der Waals surface area contributed by atoms with Crippen molar-refractivity contribution < 1.29 is 32.4 Å². The predicted molar refractivity (Wildman–Crippen MR) is 187 cm³/mol. The van der Waals surface area contributed by atoms with E-state index in [2.05, 4.69) is 25.6 Å². The Morgan fingerprint density at radius 3 is 2.52 bits per heavy atom. The summed E-state index contributed by atoms with van der Waals surface area (Å²) >= 11 is 13.1. The van der Waals surface area contributed by atoms with E-state index in [-0.39, 0.29) is 58.5 Å². The number of imidazole rings is 1. The van der Waals surface area contributed by atoms with Crippen molar-refractivity contribution in [3.8, 4) is 5.75 Å². The largest absolute Gasteiger partial charge is 0.485 e. The first-order valence-electron chi connectivity index (χ1n) is 15.6. The van der Waals surface area contributed by atoms with Crippen LogP contribution in [0.25, 0.3) is 5.65 Å². The number of hydrogen-bond donors (Lipinski definition) is 3. The van der Waals surface area contributed by atoms with Gasteiger partial charge in [0.05, 0.1) is 10.7 Å². The second-order valence-corrected chi connectivity index (χ2v) is 14.1. The summed E-state index contributed by atoms with van der Waals surface area (Å²) in [4.78, 5) is 45.4. The van der Waals surface area contributed by atoms with E-state index in [1.165, 1.54) is 19.1 Å². The normalized spacial score (nSPS) is 15.2. The monoisotopic (exact) mass is 743 g/mol. The fourth-order valence-corrected chi connectivity index (χ4v) is 7.90. The molecule has 0 aliphatic carbocycles. The molecule has 2 aromatic heterocycles. The number of rotatable bonds is 13. The van der Waals surface area contributed by atoms with E-state index in [0.717, 1.165) is 10.00 Å². The highest BCUT2D eigenvalue weighted by Gasteiger charge is 2.40. The summed E-state index contributed by atoms with van der Waals surface area (Å²) in [7, 11) is -4.19. The zero-order valence-corrected chi connectivity index (χ0v) is 29.5. The molecule has 17 heteroatoms. The third kappa shape index (κ3) is 8.35. The average molecular weight is 745 g/mol. The van der Waals surface area contributed by atoms with Gasteiger partial charge in [0, 0.05) is 60.7 Å². The van der Waals surface area contributed by atoms with Gasteiger partial charge in [-0.05, 0) is 62.6 Å². The minimum atomic E-state index is -4.19. The third-order valence-corrected chi connectivity index (χ3v) is 10.7. The second-order valence-electron chi connectivity index (χ2n) is 11.4. The van der Waals surface area contributed by atoms with E-state index < -0.39 is 27.9 Å². The average Bonchev–Trinajstić information content (AvgIpc) is 3.74. The first-order chi connectivity index (χ1) is 23.9. The van der Waals surface area contributed by atoms with Gasteiger partial charge in [0.2, 0.25) is 15.9 Å². The molecule has 50 heavy (non-hydrogen) atoms.